The number of furan rings is 1. The fourth-order valence-electron chi connectivity index (χ4n) is 3.27. The molecule has 2 heterocycles. The minimum absolute atomic E-state index is 0.112. The highest BCUT2D eigenvalue weighted by atomic mass is 35.5. The SMILES string of the molecule is CCCOC(=O)c1cc(-c2ccc(C=C3C(=O)N(CCO)C(=O)C(C#N)=C3C)o2)ccc1Cl. The first-order valence-corrected chi connectivity index (χ1v) is 10.6. The molecule has 2 amide bonds. The van der Waals surface area contributed by atoms with Crippen LogP contribution in [-0.2, 0) is 14.3 Å². The van der Waals surface area contributed by atoms with Gasteiger partial charge in [0.15, 0.2) is 0 Å². The molecule has 3 rings (SSSR count). The Balaban J connectivity index is 1.97. The zero-order valence-corrected chi connectivity index (χ0v) is 18.8. The zero-order valence-electron chi connectivity index (χ0n) is 18.1. The van der Waals surface area contributed by atoms with Crippen LogP contribution in [0.3, 0.4) is 0 Å². The standard InChI is InChI=1S/C24H21ClN2O6/c1-3-10-32-24(31)18-11-15(4-6-20(18)25)21-7-5-16(33-21)12-17-14(2)19(13-26)23(30)27(8-9-28)22(17)29/h4-7,11-12,28H,3,8-10H2,1-2H3. The van der Waals surface area contributed by atoms with Crippen LogP contribution in [0.2, 0.25) is 5.02 Å². The summed E-state index contributed by atoms with van der Waals surface area (Å²) in [6.07, 6.45) is 2.11. The molecule has 1 N–H and O–H groups in total. The summed E-state index contributed by atoms with van der Waals surface area (Å²) in [5.41, 5.74) is 0.947. The lowest BCUT2D eigenvalue weighted by Crippen LogP contribution is -2.44. The molecule has 2 aromatic rings. The van der Waals surface area contributed by atoms with Crippen LogP contribution >= 0.6 is 11.6 Å². The number of halogens is 1. The molecule has 1 aliphatic rings. The summed E-state index contributed by atoms with van der Waals surface area (Å²) >= 11 is 6.14. The van der Waals surface area contributed by atoms with E-state index in [1.165, 1.54) is 13.0 Å². The van der Waals surface area contributed by atoms with Crippen molar-refractivity contribution < 1.29 is 28.6 Å². The summed E-state index contributed by atoms with van der Waals surface area (Å²) in [6.45, 7) is 3.02. The molecular weight excluding hydrogens is 448 g/mol. The van der Waals surface area contributed by atoms with E-state index in [1.807, 2.05) is 13.0 Å². The van der Waals surface area contributed by atoms with Crippen molar-refractivity contribution in [1.29, 1.82) is 5.26 Å². The summed E-state index contributed by atoms with van der Waals surface area (Å²) in [7, 11) is 0. The summed E-state index contributed by atoms with van der Waals surface area (Å²) in [6, 6.07) is 9.90. The molecular formula is C24H21ClN2O6. The van der Waals surface area contributed by atoms with Gasteiger partial charge < -0.3 is 14.3 Å². The topological polar surface area (TPSA) is 121 Å². The number of carbonyl (C=O) groups excluding carboxylic acids is 3. The van der Waals surface area contributed by atoms with Crippen molar-refractivity contribution in [3.05, 3.63) is 63.4 Å². The average Bonchev–Trinajstić information content (AvgIpc) is 3.27. The number of aliphatic hydroxyl groups is 1. The second kappa shape index (κ2) is 10.3. The summed E-state index contributed by atoms with van der Waals surface area (Å²) in [5, 5.41) is 18.8. The number of rotatable bonds is 7. The molecule has 1 aliphatic heterocycles. The van der Waals surface area contributed by atoms with Crippen LogP contribution < -0.4 is 0 Å². The number of hydrogen-bond acceptors (Lipinski definition) is 7. The quantitative estimate of drug-likeness (QED) is 0.373. The number of esters is 1. The highest BCUT2D eigenvalue weighted by molar-refractivity contribution is 6.33. The van der Waals surface area contributed by atoms with Gasteiger partial charge in [-0.05, 0) is 55.3 Å². The lowest BCUT2D eigenvalue weighted by Gasteiger charge is -2.26. The Kier molecular flexibility index (Phi) is 7.48. The number of imide groups is 1. The lowest BCUT2D eigenvalue weighted by molar-refractivity contribution is -0.141. The number of aliphatic hydroxyl groups excluding tert-OH is 1. The Hall–Kier alpha value is -3.67. The van der Waals surface area contributed by atoms with Crippen molar-refractivity contribution in [2.24, 2.45) is 0 Å². The van der Waals surface area contributed by atoms with Crippen molar-refractivity contribution >= 4 is 35.5 Å². The highest BCUT2D eigenvalue weighted by Gasteiger charge is 2.35. The summed E-state index contributed by atoms with van der Waals surface area (Å²) in [5.74, 6) is -1.19. The number of benzene rings is 1. The minimum atomic E-state index is -0.741. The van der Waals surface area contributed by atoms with Crippen LogP contribution in [0.25, 0.3) is 17.4 Å². The number of nitrogens with zero attached hydrogens (tertiary/aromatic N) is 2. The molecule has 8 nitrogen and oxygen atoms in total. The summed E-state index contributed by atoms with van der Waals surface area (Å²) < 4.78 is 11.0. The van der Waals surface area contributed by atoms with E-state index in [0.717, 1.165) is 4.90 Å². The molecule has 0 bridgehead atoms. The van der Waals surface area contributed by atoms with Crippen LogP contribution in [0.15, 0.2) is 51.5 Å². The van der Waals surface area contributed by atoms with E-state index >= 15 is 0 Å². The molecule has 0 radical (unpaired) electrons. The third kappa shape index (κ3) is 4.90. The molecule has 9 heteroatoms. The molecule has 0 unspecified atom stereocenters. The van der Waals surface area contributed by atoms with Crippen LogP contribution in [0, 0.1) is 11.3 Å². The lowest BCUT2D eigenvalue weighted by atomic mass is 9.95. The van der Waals surface area contributed by atoms with E-state index in [4.69, 9.17) is 20.8 Å². The molecule has 0 saturated heterocycles. The zero-order chi connectivity index (χ0) is 24.1. The predicted octanol–water partition coefficient (Wildman–Crippen LogP) is 3.75. The van der Waals surface area contributed by atoms with Crippen molar-refractivity contribution in [3.8, 4) is 17.4 Å². The molecule has 1 aromatic carbocycles. The van der Waals surface area contributed by atoms with Gasteiger partial charge in [-0.25, -0.2) is 4.79 Å². The minimum Gasteiger partial charge on any atom is -0.462 e. The maximum Gasteiger partial charge on any atom is 0.339 e. The number of ether oxygens (including phenoxy) is 1. The molecule has 0 saturated carbocycles. The van der Waals surface area contributed by atoms with Gasteiger partial charge in [-0.1, -0.05) is 18.5 Å². The van der Waals surface area contributed by atoms with Gasteiger partial charge in [0.1, 0.15) is 23.2 Å². The number of nitriles is 1. The Morgan fingerprint density at radius 2 is 2.03 bits per heavy atom. The van der Waals surface area contributed by atoms with Crippen LogP contribution in [0.1, 0.15) is 36.4 Å². The van der Waals surface area contributed by atoms with Crippen molar-refractivity contribution in [3.63, 3.8) is 0 Å². The molecule has 1 aromatic heterocycles. The number of amides is 2. The van der Waals surface area contributed by atoms with Crippen LogP contribution in [0.4, 0.5) is 0 Å². The molecule has 33 heavy (non-hydrogen) atoms. The Morgan fingerprint density at radius 1 is 1.27 bits per heavy atom. The van der Waals surface area contributed by atoms with Crippen LogP contribution in [0.5, 0.6) is 0 Å². The average molecular weight is 469 g/mol. The van der Waals surface area contributed by atoms with E-state index in [9.17, 15) is 24.8 Å². The predicted molar refractivity (Wildman–Crippen MR) is 120 cm³/mol. The van der Waals surface area contributed by atoms with Crippen LogP contribution in [-0.4, -0.2) is 47.5 Å². The van der Waals surface area contributed by atoms with Gasteiger partial charge in [0.2, 0.25) is 0 Å². The molecule has 0 atom stereocenters. The van der Waals surface area contributed by atoms with Gasteiger partial charge in [-0.3, -0.25) is 14.5 Å². The smallest absolute Gasteiger partial charge is 0.339 e. The fraction of sp³-hybridized carbons (Fsp3) is 0.250. The molecule has 0 fully saturated rings. The normalized spacial score (nSPS) is 15.2. The monoisotopic (exact) mass is 468 g/mol. The number of carbonyl (C=O) groups is 3. The maximum atomic E-state index is 12.8. The molecule has 0 aliphatic carbocycles. The first-order chi connectivity index (χ1) is 15.8. The summed E-state index contributed by atoms with van der Waals surface area (Å²) in [4.78, 5) is 38.2. The fourth-order valence-corrected chi connectivity index (χ4v) is 3.46. The Labute approximate surface area is 195 Å². The first kappa shape index (κ1) is 24.0. The van der Waals surface area contributed by atoms with E-state index < -0.39 is 24.4 Å². The molecule has 170 valence electrons. The first-order valence-electron chi connectivity index (χ1n) is 10.2. The second-order valence-electron chi connectivity index (χ2n) is 7.19. The third-order valence-corrected chi connectivity index (χ3v) is 5.30. The van der Waals surface area contributed by atoms with Gasteiger partial charge in [0.25, 0.3) is 11.8 Å². The largest absolute Gasteiger partial charge is 0.462 e. The molecule has 0 spiro atoms. The van der Waals surface area contributed by atoms with Crippen molar-refractivity contribution in [2.75, 3.05) is 19.8 Å². The van der Waals surface area contributed by atoms with Gasteiger partial charge in [-0.2, -0.15) is 5.26 Å². The van der Waals surface area contributed by atoms with E-state index in [0.29, 0.717) is 23.5 Å². The van der Waals surface area contributed by atoms with E-state index in [2.05, 4.69) is 0 Å². The van der Waals surface area contributed by atoms with Gasteiger partial charge in [0, 0.05) is 11.1 Å². The van der Waals surface area contributed by atoms with Crippen molar-refractivity contribution in [2.45, 2.75) is 20.3 Å². The van der Waals surface area contributed by atoms with Gasteiger partial charge in [0.05, 0.1) is 30.3 Å². The van der Waals surface area contributed by atoms with E-state index in [-0.39, 0.29) is 40.5 Å². The Morgan fingerprint density at radius 3 is 2.70 bits per heavy atom. The number of β-amino-alcohol motifs (C(OH)–C–C–N with tert-alkyl or cyclic N) is 1. The van der Waals surface area contributed by atoms with Crippen molar-refractivity contribution in [1.82, 2.24) is 4.90 Å². The Bertz CT molecular complexity index is 1220. The number of hydrogen-bond donors (Lipinski definition) is 1. The van der Waals surface area contributed by atoms with Gasteiger partial charge >= 0.3 is 5.97 Å². The highest BCUT2D eigenvalue weighted by Crippen LogP contribution is 2.31. The van der Waals surface area contributed by atoms with E-state index in [1.54, 1.807) is 30.3 Å². The maximum absolute atomic E-state index is 12.8. The second-order valence-corrected chi connectivity index (χ2v) is 7.60. The third-order valence-electron chi connectivity index (χ3n) is 4.97. The van der Waals surface area contributed by atoms with Gasteiger partial charge in [-0.15, -0.1) is 0 Å².